The van der Waals surface area contributed by atoms with Crippen LogP contribution in [0.4, 0.5) is 0 Å². The van der Waals surface area contributed by atoms with Crippen molar-refractivity contribution in [3.05, 3.63) is 11.6 Å². The Balaban J connectivity index is 1.73. The summed E-state index contributed by atoms with van der Waals surface area (Å²) in [6.45, 7) is 4.14. The average molecular weight is 320 g/mol. The van der Waals surface area contributed by atoms with Crippen molar-refractivity contribution < 1.29 is 28.5 Å². The fourth-order valence-corrected chi connectivity index (χ4v) is 5.97. The van der Waals surface area contributed by atoms with Crippen molar-refractivity contribution in [2.45, 2.75) is 57.2 Å². The average Bonchev–Trinajstić information content (AvgIpc) is 3.17. The summed E-state index contributed by atoms with van der Waals surface area (Å²) in [6, 6.07) is 0. The van der Waals surface area contributed by atoms with Gasteiger partial charge in [0.15, 0.2) is 5.60 Å². The van der Waals surface area contributed by atoms with Crippen LogP contribution in [0, 0.1) is 16.7 Å². The molecule has 0 aromatic heterocycles. The number of rotatable bonds is 1. The molecule has 2 saturated carbocycles. The Labute approximate surface area is 134 Å². The van der Waals surface area contributed by atoms with Gasteiger partial charge in [-0.15, -0.1) is 0 Å². The Hall–Kier alpha value is -1.40. The first-order chi connectivity index (χ1) is 10.9. The summed E-state index contributed by atoms with van der Waals surface area (Å²) in [7, 11) is 1.51. The summed E-state index contributed by atoms with van der Waals surface area (Å²) in [5, 5.41) is 0. The Morgan fingerprint density at radius 1 is 1.17 bits per heavy atom. The van der Waals surface area contributed by atoms with E-state index in [-0.39, 0.29) is 29.5 Å². The summed E-state index contributed by atoms with van der Waals surface area (Å²) in [4.78, 5) is 24.6. The van der Waals surface area contributed by atoms with Gasteiger partial charge in [0.1, 0.15) is 12.2 Å². The lowest BCUT2D eigenvalue weighted by Crippen LogP contribution is -2.60. The van der Waals surface area contributed by atoms with Crippen LogP contribution < -0.4 is 0 Å². The normalized spacial score (nSPS) is 55.9. The molecule has 0 N–H and O–H groups in total. The van der Waals surface area contributed by atoms with Crippen LogP contribution in [0.3, 0.4) is 0 Å². The van der Waals surface area contributed by atoms with Crippen molar-refractivity contribution in [2.24, 2.45) is 16.7 Å². The summed E-state index contributed by atoms with van der Waals surface area (Å²) in [5.41, 5.74) is -0.654. The second kappa shape index (κ2) is 3.81. The van der Waals surface area contributed by atoms with Gasteiger partial charge in [0.2, 0.25) is 6.29 Å². The van der Waals surface area contributed by atoms with E-state index in [1.165, 1.54) is 7.11 Å². The third kappa shape index (κ3) is 1.32. The third-order valence-electron chi connectivity index (χ3n) is 6.87. The Morgan fingerprint density at radius 3 is 2.65 bits per heavy atom. The molecule has 3 heterocycles. The molecule has 7 atom stereocenters. The van der Waals surface area contributed by atoms with Gasteiger partial charge in [-0.3, -0.25) is 4.79 Å². The van der Waals surface area contributed by atoms with E-state index in [0.29, 0.717) is 0 Å². The van der Waals surface area contributed by atoms with Crippen molar-refractivity contribution >= 4 is 11.9 Å². The maximum absolute atomic E-state index is 12.6. The molecular formula is C17H20O6. The maximum Gasteiger partial charge on any atom is 0.333 e. The monoisotopic (exact) mass is 320 g/mol. The van der Waals surface area contributed by atoms with Gasteiger partial charge in [0, 0.05) is 19.1 Å². The minimum absolute atomic E-state index is 0.0338. The molecule has 0 amide bonds. The van der Waals surface area contributed by atoms with Crippen LogP contribution in [0.1, 0.15) is 33.1 Å². The van der Waals surface area contributed by atoms with Gasteiger partial charge in [-0.1, -0.05) is 13.3 Å². The summed E-state index contributed by atoms with van der Waals surface area (Å²) in [6.07, 6.45) is 2.89. The molecule has 0 aromatic rings. The molecule has 5 rings (SSSR count). The number of hydrogen-bond acceptors (Lipinski definition) is 6. The minimum atomic E-state index is -0.776. The predicted molar refractivity (Wildman–Crippen MR) is 76.0 cm³/mol. The molecule has 4 fully saturated rings. The van der Waals surface area contributed by atoms with Crippen molar-refractivity contribution in [1.29, 1.82) is 0 Å². The number of esters is 2. The van der Waals surface area contributed by atoms with E-state index in [9.17, 15) is 9.59 Å². The molecule has 1 spiro atoms. The molecule has 23 heavy (non-hydrogen) atoms. The Bertz CT molecular complexity index is 670. The zero-order chi connectivity index (χ0) is 16.2. The highest BCUT2D eigenvalue weighted by molar-refractivity contribution is 5.87. The van der Waals surface area contributed by atoms with Crippen LogP contribution in [0.5, 0.6) is 0 Å². The van der Waals surface area contributed by atoms with Gasteiger partial charge in [0.25, 0.3) is 0 Å². The van der Waals surface area contributed by atoms with E-state index in [1.807, 2.05) is 6.92 Å². The number of fused-ring (bicyclic) bond motifs is 2. The minimum Gasteiger partial charge on any atom is -0.459 e. The van der Waals surface area contributed by atoms with Crippen LogP contribution >= 0.6 is 0 Å². The van der Waals surface area contributed by atoms with E-state index < -0.39 is 23.3 Å². The lowest BCUT2D eigenvalue weighted by atomic mass is 9.48. The van der Waals surface area contributed by atoms with Gasteiger partial charge in [-0.25, -0.2) is 4.79 Å². The Morgan fingerprint density at radius 2 is 1.91 bits per heavy atom. The summed E-state index contributed by atoms with van der Waals surface area (Å²) in [5.74, 6) is -0.500. The molecule has 0 aromatic carbocycles. The van der Waals surface area contributed by atoms with E-state index >= 15 is 0 Å². The van der Waals surface area contributed by atoms with Crippen LogP contribution in [0.15, 0.2) is 11.6 Å². The van der Waals surface area contributed by atoms with Gasteiger partial charge in [-0.05, 0) is 30.8 Å². The number of carbonyl (C=O) groups is 2. The van der Waals surface area contributed by atoms with Crippen LogP contribution in [0.2, 0.25) is 0 Å². The van der Waals surface area contributed by atoms with Crippen LogP contribution in [-0.2, 0) is 28.5 Å². The first kappa shape index (κ1) is 14.0. The second-order valence-electron chi connectivity index (χ2n) is 7.93. The van der Waals surface area contributed by atoms with E-state index in [4.69, 9.17) is 18.9 Å². The van der Waals surface area contributed by atoms with E-state index in [1.54, 1.807) is 6.08 Å². The zero-order valence-electron chi connectivity index (χ0n) is 13.5. The quantitative estimate of drug-likeness (QED) is 0.536. The number of carbonyl (C=O) groups excluding carboxylic acids is 2. The molecule has 4 unspecified atom stereocenters. The maximum atomic E-state index is 12.6. The topological polar surface area (TPSA) is 74.4 Å². The SMILES string of the molecule is COC1OC(=O)C=C2C13OC3[C@H]1OC(=O)C3(C)CCC[C@@]2(C)[C@@H]13. The van der Waals surface area contributed by atoms with Crippen molar-refractivity contribution in [3.8, 4) is 0 Å². The largest absolute Gasteiger partial charge is 0.459 e. The molecule has 124 valence electrons. The molecular weight excluding hydrogens is 300 g/mol. The molecule has 0 bridgehead atoms. The fourth-order valence-electron chi connectivity index (χ4n) is 5.97. The van der Waals surface area contributed by atoms with Crippen LogP contribution in [-0.4, -0.2) is 43.1 Å². The van der Waals surface area contributed by atoms with Gasteiger partial charge >= 0.3 is 11.9 Å². The standard InChI is InChI=1S/C17H20O6/c1-15-5-4-6-16(2)11(15)10(22-13(16)19)12-17(23-12)8(15)7-9(18)21-14(17)20-3/h7,10-12,14H,4-6H2,1-3H3/t10-,11+,12?,14?,15+,16?,17?/m0/s1. The lowest BCUT2D eigenvalue weighted by molar-refractivity contribution is -0.187. The number of ether oxygens (including phenoxy) is 4. The number of epoxide rings is 1. The number of cyclic esters (lactones) is 1. The summed E-state index contributed by atoms with van der Waals surface area (Å²) >= 11 is 0. The van der Waals surface area contributed by atoms with Gasteiger partial charge < -0.3 is 18.9 Å². The molecule has 0 radical (unpaired) electrons. The van der Waals surface area contributed by atoms with Gasteiger partial charge in [0.05, 0.1) is 5.41 Å². The predicted octanol–water partition coefficient (Wildman–Crippen LogP) is 1.33. The molecule has 2 saturated heterocycles. The highest BCUT2D eigenvalue weighted by Gasteiger charge is 2.83. The third-order valence-corrected chi connectivity index (χ3v) is 6.87. The first-order valence-electron chi connectivity index (χ1n) is 8.23. The highest BCUT2D eigenvalue weighted by atomic mass is 16.8. The van der Waals surface area contributed by atoms with E-state index in [0.717, 1.165) is 24.8 Å². The fraction of sp³-hybridized carbons (Fsp3) is 0.765. The molecule has 6 nitrogen and oxygen atoms in total. The van der Waals surface area contributed by atoms with Crippen LogP contribution in [0.25, 0.3) is 0 Å². The van der Waals surface area contributed by atoms with Gasteiger partial charge in [-0.2, -0.15) is 0 Å². The Kier molecular flexibility index (Phi) is 2.31. The van der Waals surface area contributed by atoms with E-state index in [2.05, 4.69) is 6.92 Å². The zero-order valence-corrected chi connectivity index (χ0v) is 13.5. The van der Waals surface area contributed by atoms with Crippen molar-refractivity contribution in [3.63, 3.8) is 0 Å². The number of hydrogen-bond donors (Lipinski definition) is 0. The highest BCUT2D eigenvalue weighted by Crippen LogP contribution is 2.72. The summed E-state index contributed by atoms with van der Waals surface area (Å²) < 4.78 is 22.6. The molecule has 5 aliphatic rings. The smallest absolute Gasteiger partial charge is 0.333 e. The molecule has 6 heteroatoms. The van der Waals surface area contributed by atoms with Crippen molar-refractivity contribution in [1.82, 2.24) is 0 Å². The molecule has 2 aliphatic carbocycles. The second-order valence-corrected chi connectivity index (χ2v) is 7.93. The first-order valence-corrected chi connectivity index (χ1v) is 8.23. The lowest BCUT2D eigenvalue weighted by Gasteiger charge is -2.53. The number of methoxy groups -OCH3 is 1. The molecule has 3 aliphatic heterocycles. The van der Waals surface area contributed by atoms with Crippen molar-refractivity contribution in [2.75, 3.05) is 7.11 Å².